The number of hydrogen-bond acceptors (Lipinski definition) is 4. The van der Waals surface area contributed by atoms with Gasteiger partial charge in [-0.15, -0.1) is 0 Å². The molecule has 3 rings (SSSR count). The Hall–Kier alpha value is -3.35. The Morgan fingerprint density at radius 1 is 1.03 bits per heavy atom. The molecule has 0 radical (unpaired) electrons. The highest BCUT2D eigenvalue weighted by Crippen LogP contribution is 2.44. The van der Waals surface area contributed by atoms with Crippen LogP contribution in [0.1, 0.15) is 63.5 Å². The molecule has 188 valence electrons. The smallest absolute Gasteiger partial charge is 0.407 e. The van der Waals surface area contributed by atoms with Crippen molar-refractivity contribution in [3.63, 3.8) is 0 Å². The van der Waals surface area contributed by atoms with Gasteiger partial charge in [-0.25, -0.2) is 4.79 Å². The summed E-state index contributed by atoms with van der Waals surface area (Å²) in [4.78, 5) is 38.4. The number of hydrogen-bond donors (Lipinski definition) is 2. The molecular weight excluding hydrogens is 444 g/mol. The number of amides is 2. The van der Waals surface area contributed by atoms with Gasteiger partial charge in [-0.1, -0.05) is 75.2 Å². The molecule has 0 aromatic heterocycles. The Balaban J connectivity index is 1.62. The number of nitrogens with one attached hydrogen (secondary N) is 1. The molecule has 7 heteroatoms. The molecule has 2 amide bonds. The van der Waals surface area contributed by atoms with Crippen LogP contribution >= 0.6 is 0 Å². The summed E-state index contributed by atoms with van der Waals surface area (Å²) in [6.07, 6.45) is 2.02. The minimum absolute atomic E-state index is 0.0306. The van der Waals surface area contributed by atoms with E-state index < -0.39 is 18.0 Å². The number of carbonyl (C=O) groups is 3. The van der Waals surface area contributed by atoms with Crippen LogP contribution < -0.4 is 5.32 Å². The topological polar surface area (TPSA) is 95.9 Å². The van der Waals surface area contributed by atoms with Crippen LogP contribution in [-0.2, 0) is 14.3 Å². The SMILES string of the molecule is CCCCC(CC(=O)N(CC)CC(C)C(=O)O)NC(=O)OCC1c2ccccc2-c2ccccc21. The number of ether oxygens (including phenoxy) is 1. The number of fused-ring (bicyclic) bond motifs is 3. The average molecular weight is 481 g/mol. The van der Waals surface area contributed by atoms with Gasteiger partial charge in [0.15, 0.2) is 0 Å². The number of alkyl carbamates (subject to hydrolysis) is 1. The molecule has 0 fully saturated rings. The molecule has 0 spiro atoms. The second-order valence-electron chi connectivity index (χ2n) is 9.18. The van der Waals surface area contributed by atoms with Crippen LogP contribution in [0, 0.1) is 5.92 Å². The first-order chi connectivity index (χ1) is 16.8. The number of aliphatic carboxylic acids is 1. The van der Waals surface area contributed by atoms with E-state index in [2.05, 4.69) is 36.5 Å². The number of carboxylic acid groups (broad SMARTS) is 1. The molecule has 2 unspecified atom stereocenters. The van der Waals surface area contributed by atoms with Crippen LogP contribution in [0.2, 0.25) is 0 Å². The van der Waals surface area contributed by atoms with Crippen LogP contribution in [0.5, 0.6) is 0 Å². The minimum atomic E-state index is -0.935. The van der Waals surface area contributed by atoms with Gasteiger partial charge in [0.25, 0.3) is 0 Å². The molecule has 35 heavy (non-hydrogen) atoms. The number of nitrogens with zero attached hydrogens (tertiary/aromatic N) is 1. The van der Waals surface area contributed by atoms with Crippen molar-refractivity contribution in [2.45, 2.75) is 58.4 Å². The predicted octanol–water partition coefficient (Wildman–Crippen LogP) is 5.04. The minimum Gasteiger partial charge on any atom is -0.481 e. The molecule has 0 saturated heterocycles. The van der Waals surface area contributed by atoms with Gasteiger partial charge >= 0.3 is 12.1 Å². The lowest BCUT2D eigenvalue weighted by molar-refractivity contribution is -0.143. The zero-order valence-corrected chi connectivity index (χ0v) is 20.8. The summed E-state index contributed by atoms with van der Waals surface area (Å²) in [6.45, 7) is 6.25. The Morgan fingerprint density at radius 2 is 1.63 bits per heavy atom. The highest BCUT2D eigenvalue weighted by Gasteiger charge is 2.29. The normalized spacial score (nSPS) is 13.9. The van der Waals surface area contributed by atoms with Crippen molar-refractivity contribution in [1.29, 1.82) is 0 Å². The molecule has 2 N–H and O–H groups in total. The van der Waals surface area contributed by atoms with Gasteiger partial charge in [-0.2, -0.15) is 0 Å². The summed E-state index contributed by atoms with van der Waals surface area (Å²) in [5.74, 6) is -1.78. The lowest BCUT2D eigenvalue weighted by Crippen LogP contribution is -2.43. The lowest BCUT2D eigenvalue weighted by Gasteiger charge is -2.26. The van der Waals surface area contributed by atoms with Crippen LogP contribution in [0.15, 0.2) is 48.5 Å². The molecule has 7 nitrogen and oxygen atoms in total. The second-order valence-corrected chi connectivity index (χ2v) is 9.18. The van der Waals surface area contributed by atoms with Gasteiger partial charge in [0.05, 0.1) is 5.92 Å². The zero-order chi connectivity index (χ0) is 25.4. The van der Waals surface area contributed by atoms with Gasteiger partial charge in [0.2, 0.25) is 5.91 Å². The van der Waals surface area contributed by atoms with Gasteiger partial charge in [0, 0.05) is 31.5 Å². The summed E-state index contributed by atoms with van der Waals surface area (Å²) in [5, 5.41) is 12.1. The van der Waals surface area contributed by atoms with E-state index in [1.165, 1.54) is 16.0 Å². The molecule has 0 saturated carbocycles. The Labute approximate surface area is 207 Å². The van der Waals surface area contributed by atoms with Crippen molar-refractivity contribution >= 4 is 18.0 Å². The Bertz CT molecular complexity index is 992. The third-order valence-corrected chi connectivity index (χ3v) is 6.64. The van der Waals surface area contributed by atoms with Crippen molar-refractivity contribution in [1.82, 2.24) is 10.2 Å². The first-order valence-corrected chi connectivity index (χ1v) is 12.5. The van der Waals surface area contributed by atoms with Crippen LogP contribution in [0.25, 0.3) is 11.1 Å². The van der Waals surface area contributed by atoms with E-state index in [1.54, 1.807) is 6.92 Å². The Kier molecular flexibility index (Phi) is 9.29. The van der Waals surface area contributed by atoms with E-state index in [9.17, 15) is 19.5 Å². The number of benzene rings is 2. The average Bonchev–Trinajstić information content (AvgIpc) is 3.17. The third kappa shape index (κ3) is 6.62. The standard InChI is InChI=1S/C28H36N2O5/c1-4-6-11-20(16-26(31)30(5-2)17-19(3)27(32)33)29-28(34)35-18-25-23-14-9-7-12-21(23)22-13-8-10-15-24(22)25/h7-10,12-15,19-20,25H,4-6,11,16-18H2,1-3H3,(H,29,34)(H,32,33). The number of carbonyl (C=O) groups excluding carboxylic acids is 2. The van der Waals surface area contributed by atoms with Crippen molar-refractivity contribution in [3.05, 3.63) is 59.7 Å². The third-order valence-electron chi connectivity index (χ3n) is 6.64. The maximum Gasteiger partial charge on any atom is 0.407 e. The fourth-order valence-electron chi connectivity index (χ4n) is 4.64. The van der Waals surface area contributed by atoms with E-state index >= 15 is 0 Å². The summed E-state index contributed by atoms with van der Waals surface area (Å²) in [5.41, 5.74) is 4.62. The molecular formula is C28H36N2O5. The van der Waals surface area contributed by atoms with Crippen molar-refractivity contribution < 1.29 is 24.2 Å². The van der Waals surface area contributed by atoms with E-state index in [1.807, 2.05) is 31.2 Å². The zero-order valence-electron chi connectivity index (χ0n) is 20.8. The van der Waals surface area contributed by atoms with Crippen molar-refractivity contribution in [2.75, 3.05) is 19.7 Å². The Morgan fingerprint density at radius 3 is 2.17 bits per heavy atom. The van der Waals surface area contributed by atoms with E-state index in [4.69, 9.17) is 4.74 Å². The van der Waals surface area contributed by atoms with E-state index in [0.29, 0.717) is 13.0 Å². The summed E-state index contributed by atoms with van der Waals surface area (Å²) < 4.78 is 5.66. The van der Waals surface area contributed by atoms with Gasteiger partial charge in [0.1, 0.15) is 6.61 Å². The highest BCUT2D eigenvalue weighted by atomic mass is 16.5. The summed E-state index contributed by atoms with van der Waals surface area (Å²) in [7, 11) is 0. The first kappa shape index (κ1) is 26.3. The quantitative estimate of drug-likeness (QED) is 0.444. The molecule has 1 aliphatic carbocycles. The molecule has 0 bridgehead atoms. The van der Waals surface area contributed by atoms with Crippen molar-refractivity contribution in [3.8, 4) is 11.1 Å². The van der Waals surface area contributed by atoms with Gasteiger partial charge in [-0.05, 0) is 35.6 Å². The largest absolute Gasteiger partial charge is 0.481 e. The summed E-state index contributed by atoms with van der Waals surface area (Å²) >= 11 is 0. The highest BCUT2D eigenvalue weighted by molar-refractivity contribution is 5.80. The van der Waals surface area contributed by atoms with Crippen molar-refractivity contribution in [2.24, 2.45) is 5.92 Å². The van der Waals surface area contributed by atoms with E-state index in [-0.39, 0.29) is 37.4 Å². The predicted molar refractivity (Wildman–Crippen MR) is 135 cm³/mol. The monoisotopic (exact) mass is 480 g/mol. The maximum absolute atomic E-state index is 12.9. The number of carboxylic acids is 1. The number of unbranched alkanes of at least 4 members (excludes halogenated alkanes) is 1. The first-order valence-electron chi connectivity index (χ1n) is 12.5. The summed E-state index contributed by atoms with van der Waals surface area (Å²) in [6, 6.07) is 16.0. The molecule has 2 atom stereocenters. The van der Waals surface area contributed by atoms with Gasteiger partial charge in [-0.3, -0.25) is 9.59 Å². The van der Waals surface area contributed by atoms with Crippen LogP contribution in [0.4, 0.5) is 4.79 Å². The fraction of sp³-hybridized carbons (Fsp3) is 0.464. The fourth-order valence-corrected chi connectivity index (χ4v) is 4.64. The second kappa shape index (κ2) is 12.4. The molecule has 1 aliphatic rings. The van der Waals surface area contributed by atoms with Gasteiger partial charge < -0.3 is 20.1 Å². The maximum atomic E-state index is 12.9. The molecule has 0 heterocycles. The van der Waals surface area contributed by atoms with Crippen LogP contribution in [-0.4, -0.2) is 53.7 Å². The van der Waals surface area contributed by atoms with Crippen LogP contribution in [0.3, 0.4) is 0 Å². The van der Waals surface area contributed by atoms with E-state index in [0.717, 1.165) is 24.0 Å². The number of rotatable bonds is 12. The molecule has 0 aliphatic heterocycles. The molecule has 2 aromatic rings. The molecule has 2 aromatic carbocycles. The lowest BCUT2D eigenvalue weighted by atomic mass is 9.98.